The molecule has 0 fully saturated rings. The zero-order chi connectivity index (χ0) is 14.1. The SMILES string of the molecule is CCOc1ccc(NCCC(=O)NN)cc1OCC. The molecule has 4 N–H and O–H groups in total. The van der Waals surface area contributed by atoms with E-state index in [2.05, 4.69) is 10.7 Å². The minimum absolute atomic E-state index is 0.205. The summed E-state index contributed by atoms with van der Waals surface area (Å²) >= 11 is 0. The Morgan fingerprint density at radius 2 is 1.89 bits per heavy atom. The number of nitrogens with two attached hydrogens (primary N) is 1. The van der Waals surface area contributed by atoms with Crippen molar-refractivity contribution in [3.8, 4) is 11.5 Å². The van der Waals surface area contributed by atoms with Crippen molar-refractivity contribution in [2.75, 3.05) is 25.1 Å². The van der Waals surface area contributed by atoms with Crippen LogP contribution >= 0.6 is 0 Å². The van der Waals surface area contributed by atoms with Gasteiger partial charge in [-0.15, -0.1) is 0 Å². The van der Waals surface area contributed by atoms with E-state index in [9.17, 15) is 4.79 Å². The highest BCUT2D eigenvalue weighted by atomic mass is 16.5. The summed E-state index contributed by atoms with van der Waals surface area (Å²) in [6, 6.07) is 5.59. The molecule has 6 heteroatoms. The quantitative estimate of drug-likeness (QED) is 0.375. The van der Waals surface area contributed by atoms with Crippen LogP contribution in [-0.4, -0.2) is 25.7 Å². The summed E-state index contributed by atoms with van der Waals surface area (Å²) in [6.45, 7) is 5.50. The van der Waals surface area contributed by atoms with Crippen LogP contribution < -0.4 is 26.1 Å². The molecule has 0 aliphatic heterocycles. The first-order chi connectivity index (χ1) is 9.21. The van der Waals surface area contributed by atoms with Crippen molar-refractivity contribution in [2.45, 2.75) is 20.3 Å². The van der Waals surface area contributed by atoms with Gasteiger partial charge in [-0.1, -0.05) is 0 Å². The fourth-order valence-electron chi connectivity index (χ4n) is 1.55. The Labute approximate surface area is 113 Å². The van der Waals surface area contributed by atoms with Gasteiger partial charge in [0.15, 0.2) is 11.5 Å². The van der Waals surface area contributed by atoms with Gasteiger partial charge in [-0.25, -0.2) is 5.84 Å². The maximum absolute atomic E-state index is 11.0. The van der Waals surface area contributed by atoms with E-state index in [1.807, 2.05) is 32.0 Å². The summed E-state index contributed by atoms with van der Waals surface area (Å²) in [5.74, 6) is 6.21. The summed E-state index contributed by atoms with van der Waals surface area (Å²) in [5.41, 5.74) is 2.96. The molecule has 19 heavy (non-hydrogen) atoms. The molecule has 0 unspecified atom stereocenters. The standard InChI is InChI=1S/C13H21N3O3/c1-3-18-11-6-5-10(9-12(11)19-4-2)15-8-7-13(17)16-14/h5-6,9,15H,3-4,7-8,14H2,1-2H3,(H,16,17). The molecule has 0 saturated heterocycles. The Morgan fingerprint density at radius 3 is 2.53 bits per heavy atom. The monoisotopic (exact) mass is 267 g/mol. The van der Waals surface area contributed by atoms with Gasteiger partial charge in [0, 0.05) is 24.7 Å². The molecule has 0 aromatic heterocycles. The second kappa shape index (κ2) is 8.20. The number of ether oxygens (including phenoxy) is 2. The smallest absolute Gasteiger partial charge is 0.235 e. The third-order valence-electron chi connectivity index (χ3n) is 2.39. The highest BCUT2D eigenvalue weighted by Crippen LogP contribution is 2.30. The number of nitrogens with one attached hydrogen (secondary N) is 2. The molecule has 0 atom stereocenters. The van der Waals surface area contributed by atoms with Gasteiger partial charge in [-0.2, -0.15) is 0 Å². The summed E-state index contributed by atoms with van der Waals surface area (Å²) in [5, 5.41) is 3.13. The van der Waals surface area contributed by atoms with Crippen molar-refractivity contribution < 1.29 is 14.3 Å². The van der Waals surface area contributed by atoms with Crippen molar-refractivity contribution in [3.05, 3.63) is 18.2 Å². The maximum atomic E-state index is 11.0. The van der Waals surface area contributed by atoms with Crippen LogP contribution in [0.25, 0.3) is 0 Å². The fraction of sp³-hybridized carbons (Fsp3) is 0.462. The van der Waals surface area contributed by atoms with Crippen LogP contribution in [0.1, 0.15) is 20.3 Å². The molecule has 0 aliphatic rings. The predicted molar refractivity (Wildman–Crippen MR) is 74.2 cm³/mol. The summed E-state index contributed by atoms with van der Waals surface area (Å²) in [6.07, 6.45) is 0.313. The number of hydrogen-bond donors (Lipinski definition) is 3. The molecule has 0 bridgehead atoms. The molecule has 1 aromatic carbocycles. The van der Waals surface area contributed by atoms with E-state index >= 15 is 0 Å². The first-order valence-corrected chi connectivity index (χ1v) is 6.34. The molecule has 0 aliphatic carbocycles. The lowest BCUT2D eigenvalue weighted by atomic mass is 10.2. The Kier molecular flexibility index (Phi) is 6.52. The van der Waals surface area contributed by atoms with Crippen molar-refractivity contribution in [2.24, 2.45) is 5.84 Å². The Balaban J connectivity index is 2.63. The second-order valence-electron chi connectivity index (χ2n) is 3.77. The van der Waals surface area contributed by atoms with E-state index in [0.717, 1.165) is 11.4 Å². The number of anilines is 1. The van der Waals surface area contributed by atoms with Crippen LogP contribution in [0.15, 0.2) is 18.2 Å². The zero-order valence-corrected chi connectivity index (χ0v) is 11.4. The lowest BCUT2D eigenvalue weighted by molar-refractivity contribution is -0.120. The number of benzene rings is 1. The van der Waals surface area contributed by atoms with Crippen LogP contribution in [0.5, 0.6) is 11.5 Å². The Morgan fingerprint density at radius 1 is 1.21 bits per heavy atom. The molecule has 1 amide bonds. The maximum Gasteiger partial charge on any atom is 0.235 e. The van der Waals surface area contributed by atoms with E-state index in [-0.39, 0.29) is 5.91 Å². The first-order valence-electron chi connectivity index (χ1n) is 6.34. The number of hydrazine groups is 1. The topological polar surface area (TPSA) is 85.6 Å². The van der Waals surface area contributed by atoms with Gasteiger partial charge in [-0.3, -0.25) is 10.2 Å². The second-order valence-corrected chi connectivity index (χ2v) is 3.77. The minimum atomic E-state index is -0.205. The Bertz CT molecular complexity index is 410. The highest BCUT2D eigenvalue weighted by Gasteiger charge is 2.06. The molecule has 0 saturated carbocycles. The lowest BCUT2D eigenvalue weighted by Gasteiger charge is -2.13. The molecule has 106 valence electrons. The van der Waals surface area contributed by atoms with E-state index in [4.69, 9.17) is 15.3 Å². The molecular weight excluding hydrogens is 246 g/mol. The van der Waals surface area contributed by atoms with Gasteiger partial charge < -0.3 is 14.8 Å². The Hall–Kier alpha value is -1.95. The van der Waals surface area contributed by atoms with E-state index in [1.165, 1.54) is 0 Å². The molecule has 0 heterocycles. The molecule has 0 spiro atoms. The van der Waals surface area contributed by atoms with Crippen molar-refractivity contribution in [3.63, 3.8) is 0 Å². The van der Waals surface area contributed by atoms with Crippen LogP contribution in [0.4, 0.5) is 5.69 Å². The van der Waals surface area contributed by atoms with Gasteiger partial charge in [-0.05, 0) is 26.0 Å². The van der Waals surface area contributed by atoms with Crippen molar-refractivity contribution in [1.82, 2.24) is 5.43 Å². The molecule has 1 rings (SSSR count). The first kappa shape index (κ1) is 15.1. The number of carbonyl (C=O) groups is 1. The number of amides is 1. The zero-order valence-electron chi connectivity index (χ0n) is 11.4. The molecule has 1 aromatic rings. The van der Waals surface area contributed by atoms with Crippen LogP contribution in [0.3, 0.4) is 0 Å². The molecular formula is C13H21N3O3. The van der Waals surface area contributed by atoms with E-state index in [1.54, 1.807) is 0 Å². The van der Waals surface area contributed by atoms with E-state index < -0.39 is 0 Å². The van der Waals surface area contributed by atoms with Crippen molar-refractivity contribution in [1.29, 1.82) is 0 Å². The van der Waals surface area contributed by atoms with Gasteiger partial charge in [0.05, 0.1) is 13.2 Å². The largest absolute Gasteiger partial charge is 0.490 e. The van der Waals surface area contributed by atoms with Crippen LogP contribution in [-0.2, 0) is 4.79 Å². The third-order valence-corrected chi connectivity index (χ3v) is 2.39. The number of rotatable bonds is 8. The molecule has 0 radical (unpaired) electrons. The van der Waals surface area contributed by atoms with E-state index in [0.29, 0.717) is 31.9 Å². The average molecular weight is 267 g/mol. The summed E-state index contributed by atoms with van der Waals surface area (Å²) in [4.78, 5) is 11.0. The van der Waals surface area contributed by atoms with Crippen molar-refractivity contribution >= 4 is 11.6 Å². The molecule has 6 nitrogen and oxygen atoms in total. The van der Waals surface area contributed by atoms with Gasteiger partial charge in [0.1, 0.15) is 0 Å². The van der Waals surface area contributed by atoms with Crippen LogP contribution in [0.2, 0.25) is 0 Å². The minimum Gasteiger partial charge on any atom is -0.490 e. The number of carbonyl (C=O) groups excluding carboxylic acids is 1. The van der Waals surface area contributed by atoms with Gasteiger partial charge in [0.2, 0.25) is 5.91 Å². The summed E-state index contributed by atoms with van der Waals surface area (Å²) < 4.78 is 11.0. The van der Waals surface area contributed by atoms with Gasteiger partial charge in [0.25, 0.3) is 0 Å². The third kappa shape index (κ3) is 5.05. The normalized spacial score (nSPS) is 9.84. The highest BCUT2D eigenvalue weighted by molar-refractivity contribution is 5.75. The number of hydrogen-bond acceptors (Lipinski definition) is 5. The summed E-state index contributed by atoms with van der Waals surface area (Å²) in [7, 11) is 0. The van der Waals surface area contributed by atoms with Gasteiger partial charge >= 0.3 is 0 Å². The fourth-order valence-corrected chi connectivity index (χ4v) is 1.55. The predicted octanol–water partition coefficient (Wildman–Crippen LogP) is 1.28. The lowest BCUT2D eigenvalue weighted by Crippen LogP contribution is -2.31. The average Bonchev–Trinajstić information content (AvgIpc) is 2.42. The van der Waals surface area contributed by atoms with Crippen LogP contribution in [0, 0.1) is 0 Å².